The lowest BCUT2D eigenvalue weighted by atomic mass is 10.1. The lowest BCUT2D eigenvalue weighted by Gasteiger charge is -1.97. The highest BCUT2D eigenvalue weighted by Crippen LogP contribution is 2.18. The van der Waals surface area contributed by atoms with Crippen molar-refractivity contribution in [3.05, 3.63) is 42.4 Å². The zero-order valence-corrected chi connectivity index (χ0v) is 9.55. The molecule has 0 radical (unpaired) electrons. The Labute approximate surface area is 101 Å². The molecule has 0 atom stereocenters. The van der Waals surface area contributed by atoms with Crippen LogP contribution in [0.4, 0.5) is 0 Å². The summed E-state index contributed by atoms with van der Waals surface area (Å²) in [4.78, 5) is 3.85. The second-order valence-corrected chi connectivity index (χ2v) is 2.77. The van der Waals surface area contributed by atoms with Gasteiger partial charge in [0.25, 0.3) is 0 Å². The van der Waals surface area contributed by atoms with Gasteiger partial charge in [-0.1, -0.05) is 24.3 Å². The molecule has 0 aliphatic heterocycles. The maximum atomic E-state index is 5.48. The number of benzene rings is 1. The number of oxazole rings is 1. The minimum absolute atomic E-state index is 0. The summed E-state index contributed by atoms with van der Waals surface area (Å²) in [7, 11) is 0. The maximum Gasteiger partial charge on any atom is 0.181 e. The first-order valence-corrected chi connectivity index (χ1v) is 4.08. The van der Waals surface area contributed by atoms with E-state index >= 15 is 0 Å². The Morgan fingerprint density at radius 3 is 2.27 bits per heavy atom. The lowest BCUT2D eigenvalue weighted by molar-refractivity contribution is 0.572. The number of rotatable bonds is 2. The van der Waals surface area contributed by atoms with Crippen LogP contribution in [0.3, 0.4) is 0 Å². The van der Waals surface area contributed by atoms with E-state index in [-0.39, 0.29) is 24.8 Å². The van der Waals surface area contributed by atoms with Gasteiger partial charge in [-0.05, 0) is 5.56 Å². The number of nitrogens with two attached hydrogens (primary N) is 1. The van der Waals surface area contributed by atoms with Gasteiger partial charge >= 0.3 is 0 Å². The van der Waals surface area contributed by atoms with Gasteiger partial charge in [-0.15, -0.1) is 24.8 Å². The van der Waals surface area contributed by atoms with Crippen LogP contribution in [0.1, 0.15) is 5.56 Å². The summed E-state index contributed by atoms with van der Waals surface area (Å²) in [6.45, 7) is 0.566. The van der Waals surface area contributed by atoms with E-state index in [1.54, 1.807) is 6.20 Å². The van der Waals surface area contributed by atoms with Gasteiger partial charge < -0.3 is 10.2 Å². The van der Waals surface area contributed by atoms with E-state index in [0.29, 0.717) is 6.54 Å². The van der Waals surface area contributed by atoms with Crippen molar-refractivity contribution in [2.45, 2.75) is 6.54 Å². The van der Waals surface area contributed by atoms with Gasteiger partial charge in [0.2, 0.25) is 0 Å². The monoisotopic (exact) mass is 246 g/mol. The van der Waals surface area contributed by atoms with Crippen LogP contribution in [0, 0.1) is 0 Å². The summed E-state index contributed by atoms with van der Waals surface area (Å²) < 4.78 is 5.15. The molecule has 2 rings (SSSR count). The predicted octanol–water partition coefficient (Wildman–Crippen LogP) is 2.64. The van der Waals surface area contributed by atoms with Crippen molar-refractivity contribution in [3.8, 4) is 11.3 Å². The minimum Gasteiger partial charge on any atom is -0.444 e. The van der Waals surface area contributed by atoms with Gasteiger partial charge in [-0.2, -0.15) is 0 Å². The fourth-order valence-corrected chi connectivity index (χ4v) is 1.16. The molecule has 2 aromatic rings. The van der Waals surface area contributed by atoms with Crippen LogP contribution in [0.2, 0.25) is 0 Å². The van der Waals surface area contributed by atoms with Gasteiger partial charge in [-0.25, -0.2) is 4.98 Å². The number of hydrogen-bond donors (Lipinski definition) is 1. The zero-order chi connectivity index (χ0) is 9.10. The molecule has 5 heteroatoms. The summed E-state index contributed by atoms with van der Waals surface area (Å²) in [5, 5.41) is 0. The molecule has 0 amide bonds. The Morgan fingerprint density at radius 2 is 1.80 bits per heavy atom. The Hall–Kier alpha value is -1.03. The second kappa shape index (κ2) is 6.45. The molecule has 2 N–H and O–H groups in total. The van der Waals surface area contributed by atoms with Crippen molar-refractivity contribution in [2.24, 2.45) is 5.73 Å². The predicted molar refractivity (Wildman–Crippen MR) is 64.3 cm³/mol. The molecule has 1 aromatic heterocycles. The molecule has 82 valence electrons. The van der Waals surface area contributed by atoms with E-state index in [2.05, 4.69) is 4.98 Å². The molecule has 0 bridgehead atoms. The standard InChI is InChI=1S/C10H10N2O.2ClH/c11-5-8-1-3-9(4-2-8)10-6-12-7-13-10;;/h1-4,6-7H,5,11H2;2*1H. The third-order valence-electron chi connectivity index (χ3n) is 1.91. The van der Waals surface area contributed by atoms with Crippen LogP contribution in [0.5, 0.6) is 0 Å². The summed E-state index contributed by atoms with van der Waals surface area (Å²) in [5.41, 5.74) is 7.62. The Morgan fingerprint density at radius 1 is 1.13 bits per heavy atom. The summed E-state index contributed by atoms with van der Waals surface area (Å²) in [6.07, 6.45) is 3.11. The summed E-state index contributed by atoms with van der Waals surface area (Å²) in [5.74, 6) is 0.781. The van der Waals surface area contributed by atoms with Crippen LogP contribution in [-0.2, 0) is 6.54 Å². The lowest BCUT2D eigenvalue weighted by Crippen LogP contribution is -1.94. The van der Waals surface area contributed by atoms with E-state index in [4.69, 9.17) is 10.2 Å². The van der Waals surface area contributed by atoms with Crippen LogP contribution < -0.4 is 5.73 Å². The van der Waals surface area contributed by atoms with E-state index < -0.39 is 0 Å². The van der Waals surface area contributed by atoms with E-state index in [1.165, 1.54) is 6.39 Å². The number of nitrogens with zero attached hydrogens (tertiary/aromatic N) is 1. The molecule has 0 spiro atoms. The Bertz CT molecular complexity index is 373. The molecule has 15 heavy (non-hydrogen) atoms. The van der Waals surface area contributed by atoms with Crippen LogP contribution >= 0.6 is 24.8 Å². The first kappa shape index (κ1) is 14.0. The first-order valence-electron chi connectivity index (χ1n) is 4.08. The van der Waals surface area contributed by atoms with E-state index in [9.17, 15) is 0 Å². The van der Waals surface area contributed by atoms with Crippen molar-refractivity contribution in [2.75, 3.05) is 0 Å². The second-order valence-electron chi connectivity index (χ2n) is 2.77. The number of halogens is 2. The molecule has 0 saturated heterocycles. The molecular weight excluding hydrogens is 235 g/mol. The molecule has 0 fully saturated rings. The highest BCUT2D eigenvalue weighted by Gasteiger charge is 1.99. The van der Waals surface area contributed by atoms with Gasteiger partial charge in [0.1, 0.15) is 0 Å². The van der Waals surface area contributed by atoms with Crippen molar-refractivity contribution >= 4 is 24.8 Å². The molecular formula is C10H12Cl2N2O. The summed E-state index contributed by atoms with van der Waals surface area (Å²) in [6, 6.07) is 7.92. The molecule has 1 aromatic carbocycles. The van der Waals surface area contributed by atoms with E-state index in [1.807, 2.05) is 24.3 Å². The van der Waals surface area contributed by atoms with Gasteiger partial charge in [0.15, 0.2) is 12.2 Å². The minimum atomic E-state index is 0. The van der Waals surface area contributed by atoms with Crippen molar-refractivity contribution < 1.29 is 4.42 Å². The molecule has 1 heterocycles. The number of hydrogen-bond acceptors (Lipinski definition) is 3. The average molecular weight is 247 g/mol. The van der Waals surface area contributed by atoms with Crippen molar-refractivity contribution in [3.63, 3.8) is 0 Å². The van der Waals surface area contributed by atoms with Gasteiger partial charge in [0, 0.05) is 12.1 Å². The SMILES string of the molecule is Cl.Cl.NCc1ccc(-c2cnco2)cc1. The third kappa shape index (κ3) is 3.23. The number of aromatic nitrogens is 1. The van der Waals surface area contributed by atoms with Crippen molar-refractivity contribution in [1.29, 1.82) is 0 Å². The van der Waals surface area contributed by atoms with Crippen LogP contribution in [0.15, 0.2) is 41.3 Å². The molecule has 0 aliphatic carbocycles. The van der Waals surface area contributed by atoms with Crippen molar-refractivity contribution in [1.82, 2.24) is 4.98 Å². The smallest absolute Gasteiger partial charge is 0.181 e. The normalized spacial score (nSPS) is 8.87. The molecule has 0 aliphatic rings. The first-order chi connectivity index (χ1) is 6.40. The highest BCUT2D eigenvalue weighted by atomic mass is 35.5. The average Bonchev–Trinajstić information content (AvgIpc) is 2.71. The zero-order valence-electron chi connectivity index (χ0n) is 7.92. The maximum absolute atomic E-state index is 5.48. The Kier molecular flexibility index (Phi) is 6.01. The van der Waals surface area contributed by atoms with Crippen LogP contribution in [-0.4, -0.2) is 4.98 Å². The van der Waals surface area contributed by atoms with Crippen LogP contribution in [0.25, 0.3) is 11.3 Å². The quantitative estimate of drug-likeness (QED) is 0.887. The van der Waals surface area contributed by atoms with Gasteiger partial charge in [0.05, 0.1) is 6.20 Å². The molecule has 0 saturated carbocycles. The molecule has 3 nitrogen and oxygen atoms in total. The topological polar surface area (TPSA) is 52.0 Å². The third-order valence-corrected chi connectivity index (χ3v) is 1.91. The van der Waals surface area contributed by atoms with E-state index in [0.717, 1.165) is 16.9 Å². The largest absolute Gasteiger partial charge is 0.444 e. The Balaban J connectivity index is 0.000000980. The highest BCUT2D eigenvalue weighted by molar-refractivity contribution is 5.85. The van der Waals surface area contributed by atoms with Gasteiger partial charge in [-0.3, -0.25) is 0 Å². The summed E-state index contributed by atoms with van der Waals surface area (Å²) >= 11 is 0. The molecule has 0 unspecified atom stereocenters. The fraction of sp³-hybridized carbons (Fsp3) is 0.100. The fourth-order valence-electron chi connectivity index (χ4n) is 1.16.